The zero-order valence-corrected chi connectivity index (χ0v) is 11.9. The van der Waals surface area contributed by atoms with Crippen LogP contribution in [0.3, 0.4) is 0 Å². The lowest BCUT2D eigenvalue weighted by Gasteiger charge is -2.22. The minimum absolute atomic E-state index is 0.733. The molecular weight excluding hydrogens is 218 g/mol. The van der Waals surface area contributed by atoms with Gasteiger partial charge in [0.05, 0.1) is 0 Å². The van der Waals surface area contributed by atoms with Crippen molar-refractivity contribution in [1.29, 1.82) is 0 Å². The van der Waals surface area contributed by atoms with E-state index < -0.39 is 0 Å². The molecule has 18 heavy (non-hydrogen) atoms. The van der Waals surface area contributed by atoms with Gasteiger partial charge in [-0.15, -0.1) is 0 Å². The SMILES string of the molecule is CCCNC1CCCCC(c2ccccc2C)C1. The third kappa shape index (κ3) is 3.58. The van der Waals surface area contributed by atoms with Crippen LogP contribution in [0.25, 0.3) is 0 Å². The molecule has 1 heteroatoms. The summed E-state index contributed by atoms with van der Waals surface area (Å²) >= 11 is 0. The van der Waals surface area contributed by atoms with Crippen LogP contribution in [0.1, 0.15) is 62.5 Å². The second-order valence-corrected chi connectivity index (χ2v) is 5.72. The minimum Gasteiger partial charge on any atom is -0.314 e. The number of aryl methyl sites for hydroxylation is 1. The largest absolute Gasteiger partial charge is 0.314 e. The van der Waals surface area contributed by atoms with Crippen molar-refractivity contribution in [3.8, 4) is 0 Å². The molecule has 0 spiro atoms. The van der Waals surface area contributed by atoms with Gasteiger partial charge in [-0.25, -0.2) is 0 Å². The van der Waals surface area contributed by atoms with Gasteiger partial charge < -0.3 is 5.32 Å². The van der Waals surface area contributed by atoms with Crippen molar-refractivity contribution < 1.29 is 0 Å². The first kappa shape index (κ1) is 13.6. The van der Waals surface area contributed by atoms with E-state index >= 15 is 0 Å². The molecule has 100 valence electrons. The Morgan fingerprint density at radius 2 is 1.94 bits per heavy atom. The molecule has 1 aliphatic rings. The fourth-order valence-corrected chi connectivity index (χ4v) is 3.22. The van der Waals surface area contributed by atoms with Crippen molar-refractivity contribution >= 4 is 0 Å². The van der Waals surface area contributed by atoms with Crippen molar-refractivity contribution in [2.75, 3.05) is 6.54 Å². The van der Waals surface area contributed by atoms with Crippen LogP contribution in [0.4, 0.5) is 0 Å². The van der Waals surface area contributed by atoms with E-state index in [-0.39, 0.29) is 0 Å². The summed E-state index contributed by atoms with van der Waals surface area (Å²) in [4.78, 5) is 0. The van der Waals surface area contributed by atoms with E-state index in [9.17, 15) is 0 Å². The second-order valence-electron chi connectivity index (χ2n) is 5.72. The molecular formula is C17H27N. The molecule has 1 aromatic rings. The fraction of sp³-hybridized carbons (Fsp3) is 0.647. The quantitative estimate of drug-likeness (QED) is 0.775. The average molecular weight is 245 g/mol. The summed E-state index contributed by atoms with van der Waals surface area (Å²) in [7, 11) is 0. The van der Waals surface area contributed by atoms with Gasteiger partial charge >= 0.3 is 0 Å². The van der Waals surface area contributed by atoms with E-state index in [1.54, 1.807) is 5.56 Å². The van der Waals surface area contributed by atoms with Crippen molar-refractivity contribution in [3.05, 3.63) is 35.4 Å². The van der Waals surface area contributed by atoms with Gasteiger partial charge in [0.15, 0.2) is 0 Å². The van der Waals surface area contributed by atoms with E-state index in [1.807, 2.05) is 0 Å². The van der Waals surface area contributed by atoms with Crippen LogP contribution in [-0.2, 0) is 0 Å². The van der Waals surface area contributed by atoms with Crippen molar-refractivity contribution in [1.82, 2.24) is 5.32 Å². The Kier molecular flexibility index (Phi) is 5.25. The summed E-state index contributed by atoms with van der Waals surface area (Å²) in [5.74, 6) is 0.767. The van der Waals surface area contributed by atoms with Gasteiger partial charge in [-0.05, 0) is 56.2 Å². The molecule has 1 fully saturated rings. The number of hydrogen-bond acceptors (Lipinski definition) is 1. The van der Waals surface area contributed by atoms with Crippen LogP contribution in [-0.4, -0.2) is 12.6 Å². The molecule has 0 bridgehead atoms. The first-order valence-electron chi connectivity index (χ1n) is 7.60. The fourth-order valence-electron chi connectivity index (χ4n) is 3.22. The van der Waals surface area contributed by atoms with Gasteiger partial charge in [-0.3, -0.25) is 0 Å². The molecule has 0 radical (unpaired) electrons. The highest BCUT2D eigenvalue weighted by Crippen LogP contribution is 2.33. The second kappa shape index (κ2) is 6.94. The molecule has 2 unspecified atom stereocenters. The maximum atomic E-state index is 3.73. The molecule has 0 saturated heterocycles. The summed E-state index contributed by atoms with van der Waals surface area (Å²) in [6.07, 6.45) is 8.08. The number of hydrogen-bond donors (Lipinski definition) is 1. The highest BCUT2D eigenvalue weighted by atomic mass is 14.9. The Bertz CT molecular complexity index is 358. The van der Waals surface area contributed by atoms with Gasteiger partial charge in [0.2, 0.25) is 0 Å². The zero-order chi connectivity index (χ0) is 12.8. The first-order valence-corrected chi connectivity index (χ1v) is 7.60. The predicted molar refractivity (Wildman–Crippen MR) is 79.1 cm³/mol. The van der Waals surface area contributed by atoms with Gasteiger partial charge in [0, 0.05) is 6.04 Å². The number of nitrogens with one attached hydrogen (secondary N) is 1. The molecule has 1 N–H and O–H groups in total. The van der Waals surface area contributed by atoms with Crippen LogP contribution >= 0.6 is 0 Å². The Morgan fingerprint density at radius 3 is 2.72 bits per heavy atom. The van der Waals surface area contributed by atoms with E-state index in [0.717, 1.165) is 12.0 Å². The Balaban J connectivity index is 2.05. The van der Waals surface area contributed by atoms with Crippen LogP contribution < -0.4 is 5.32 Å². The molecule has 1 aliphatic carbocycles. The molecule has 0 aliphatic heterocycles. The average Bonchev–Trinajstić information content (AvgIpc) is 2.62. The third-order valence-electron chi connectivity index (χ3n) is 4.24. The summed E-state index contributed by atoms with van der Waals surface area (Å²) < 4.78 is 0. The van der Waals surface area contributed by atoms with E-state index in [4.69, 9.17) is 0 Å². The molecule has 0 aromatic heterocycles. The third-order valence-corrected chi connectivity index (χ3v) is 4.24. The maximum Gasteiger partial charge on any atom is 0.00728 e. The summed E-state index contributed by atoms with van der Waals surface area (Å²) in [5, 5.41) is 3.73. The topological polar surface area (TPSA) is 12.0 Å². The lowest BCUT2D eigenvalue weighted by Crippen LogP contribution is -2.30. The van der Waals surface area contributed by atoms with Crippen LogP contribution in [0.15, 0.2) is 24.3 Å². The summed E-state index contributed by atoms with van der Waals surface area (Å²) in [6, 6.07) is 9.68. The standard InChI is InChI=1S/C17H27N/c1-3-12-18-16-10-6-5-9-15(13-16)17-11-7-4-8-14(17)2/h4,7-8,11,15-16,18H,3,5-6,9-10,12-13H2,1-2H3. The normalized spacial score (nSPS) is 24.8. The van der Waals surface area contributed by atoms with Crippen LogP contribution in [0, 0.1) is 6.92 Å². The van der Waals surface area contributed by atoms with Gasteiger partial charge in [0.1, 0.15) is 0 Å². The molecule has 0 amide bonds. The summed E-state index contributed by atoms with van der Waals surface area (Å²) in [6.45, 7) is 5.68. The van der Waals surface area contributed by atoms with Crippen LogP contribution in [0.2, 0.25) is 0 Å². The van der Waals surface area contributed by atoms with Crippen molar-refractivity contribution in [3.63, 3.8) is 0 Å². The summed E-state index contributed by atoms with van der Waals surface area (Å²) in [5.41, 5.74) is 3.06. The minimum atomic E-state index is 0.733. The molecule has 1 aromatic carbocycles. The van der Waals surface area contributed by atoms with Crippen molar-refractivity contribution in [2.24, 2.45) is 0 Å². The Labute approximate surface area is 112 Å². The molecule has 2 atom stereocenters. The van der Waals surface area contributed by atoms with Gasteiger partial charge in [0.25, 0.3) is 0 Å². The molecule has 0 heterocycles. The highest BCUT2D eigenvalue weighted by molar-refractivity contribution is 5.29. The number of benzene rings is 1. The van der Waals surface area contributed by atoms with E-state index in [2.05, 4.69) is 43.4 Å². The van der Waals surface area contributed by atoms with E-state index in [1.165, 1.54) is 50.6 Å². The molecule has 1 nitrogen and oxygen atoms in total. The highest BCUT2D eigenvalue weighted by Gasteiger charge is 2.21. The number of rotatable bonds is 4. The Morgan fingerprint density at radius 1 is 1.17 bits per heavy atom. The monoisotopic (exact) mass is 245 g/mol. The van der Waals surface area contributed by atoms with Gasteiger partial charge in [-0.1, -0.05) is 44.0 Å². The predicted octanol–water partition coefficient (Wildman–Crippen LogP) is 4.41. The van der Waals surface area contributed by atoms with E-state index in [0.29, 0.717) is 0 Å². The zero-order valence-electron chi connectivity index (χ0n) is 11.9. The first-order chi connectivity index (χ1) is 8.81. The molecule has 1 saturated carbocycles. The van der Waals surface area contributed by atoms with Gasteiger partial charge in [-0.2, -0.15) is 0 Å². The lowest BCUT2D eigenvalue weighted by molar-refractivity contribution is 0.439. The lowest BCUT2D eigenvalue weighted by atomic mass is 9.87. The van der Waals surface area contributed by atoms with Crippen molar-refractivity contribution in [2.45, 2.75) is 64.3 Å². The maximum absolute atomic E-state index is 3.73. The smallest absolute Gasteiger partial charge is 0.00728 e. The Hall–Kier alpha value is -0.820. The molecule has 2 rings (SSSR count). The van der Waals surface area contributed by atoms with Crippen LogP contribution in [0.5, 0.6) is 0 Å².